The van der Waals surface area contributed by atoms with Gasteiger partial charge in [-0.3, -0.25) is 4.79 Å². The molecule has 1 fully saturated rings. The Hall–Kier alpha value is -2.87. The number of rotatable bonds is 7. The molecule has 1 saturated heterocycles. The van der Waals surface area contributed by atoms with E-state index in [0.717, 1.165) is 36.6 Å². The molecular weight excluding hydrogens is 388 g/mol. The summed E-state index contributed by atoms with van der Waals surface area (Å²) in [5, 5.41) is 9.09. The minimum atomic E-state index is 0.0313. The predicted octanol–water partition coefficient (Wildman–Crippen LogP) is 3.52. The number of nitrogens with one attached hydrogen (secondary N) is 1. The van der Waals surface area contributed by atoms with Crippen LogP contribution in [-0.2, 0) is 11.2 Å². The van der Waals surface area contributed by atoms with E-state index < -0.39 is 0 Å². The van der Waals surface area contributed by atoms with E-state index in [9.17, 15) is 4.79 Å². The van der Waals surface area contributed by atoms with E-state index in [4.69, 9.17) is 9.26 Å². The van der Waals surface area contributed by atoms with Gasteiger partial charge in [-0.05, 0) is 48.6 Å². The molecule has 4 rings (SSSR count). The Labute approximate surface area is 173 Å². The molecule has 0 saturated carbocycles. The Balaban J connectivity index is 1.21. The Morgan fingerprint density at radius 1 is 1.28 bits per heavy atom. The fourth-order valence-electron chi connectivity index (χ4n) is 3.46. The molecule has 2 aromatic heterocycles. The molecule has 0 radical (unpaired) electrons. The fourth-order valence-corrected chi connectivity index (χ4v) is 4.11. The van der Waals surface area contributed by atoms with Crippen molar-refractivity contribution in [1.82, 2.24) is 15.5 Å². The van der Waals surface area contributed by atoms with Gasteiger partial charge in [0.2, 0.25) is 17.6 Å². The first kappa shape index (κ1) is 19.4. The second kappa shape index (κ2) is 9.09. The number of hydrogen-bond acceptors (Lipinski definition) is 7. The Morgan fingerprint density at radius 2 is 2.07 bits per heavy atom. The molecule has 1 aliphatic rings. The largest absolute Gasteiger partial charge is 0.497 e. The Morgan fingerprint density at radius 3 is 2.76 bits per heavy atom. The highest BCUT2D eigenvalue weighted by molar-refractivity contribution is 7.13. The highest BCUT2D eigenvalue weighted by Crippen LogP contribution is 2.23. The third-order valence-electron chi connectivity index (χ3n) is 5.07. The van der Waals surface area contributed by atoms with Gasteiger partial charge in [-0.2, -0.15) is 4.98 Å². The van der Waals surface area contributed by atoms with Gasteiger partial charge in [-0.15, -0.1) is 11.3 Å². The van der Waals surface area contributed by atoms with Crippen molar-refractivity contribution in [3.63, 3.8) is 0 Å². The molecule has 29 heavy (non-hydrogen) atoms. The summed E-state index contributed by atoms with van der Waals surface area (Å²) in [4.78, 5) is 20.0. The van der Waals surface area contributed by atoms with Gasteiger partial charge in [-0.25, -0.2) is 0 Å². The van der Waals surface area contributed by atoms with Gasteiger partial charge in [0, 0.05) is 37.7 Å². The molecule has 0 aliphatic carbocycles. The number of amides is 1. The van der Waals surface area contributed by atoms with Crippen molar-refractivity contribution in [2.75, 3.05) is 25.1 Å². The maximum Gasteiger partial charge on any atom is 0.227 e. The number of thiophene rings is 1. The van der Waals surface area contributed by atoms with Gasteiger partial charge in [0.05, 0.1) is 12.0 Å². The minimum absolute atomic E-state index is 0.0313. The lowest BCUT2D eigenvalue weighted by atomic mass is 10.0. The number of hydrogen-bond donors (Lipinski definition) is 1. The predicted molar refractivity (Wildman–Crippen MR) is 112 cm³/mol. The first-order chi connectivity index (χ1) is 14.2. The van der Waals surface area contributed by atoms with Crippen molar-refractivity contribution in [3.05, 3.63) is 47.7 Å². The SMILES string of the molecule is COc1ccc(N2CCC(NC(=O)CCc3nc(-c4cccs4)no3)CC2)cc1. The molecule has 8 heteroatoms. The van der Waals surface area contributed by atoms with Gasteiger partial charge in [0.15, 0.2) is 0 Å². The zero-order valence-corrected chi connectivity index (χ0v) is 17.2. The minimum Gasteiger partial charge on any atom is -0.497 e. The highest BCUT2D eigenvalue weighted by Gasteiger charge is 2.21. The molecule has 1 amide bonds. The zero-order valence-electron chi connectivity index (χ0n) is 16.3. The van der Waals surface area contributed by atoms with Gasteiger partial charge < -0.3 is 19.5 Å². The van der Waals surface area contributed by atoms with Crippen LogP contribution < -0.4 is 15.0 Å². The van der Waals surface area contributed by atoms with Crippen molar-refractivity contribution in [1.29, 1.82) is 0 Å². The molecule has 0 unspecified atom stereocenters. The van der Waals surface area contributed by atoms with E-state index in [2.05, 4.69) is 32.5 Å². The van der Waals surface area contributed by atoms with Crippen molar-refractivity contribution < 1.29 is 14.1 Å². The summed E-state index contributed by atoms with van der Waals surface area (Å²) in [5.41, 5.74) is 1.19. The van der Waals surface area contributed by atoms with Gasteiger partial charge in [0.25, 0.3) is 0 Å². The molecule has 0 bridgehead atoms. The zero-order chi connectivity index (χ0) is 20.1. The van der Waals surface area contributed by atoms with Crippen LogP contribution in [0.2, 0.25) is 0 Å². The normalized spacial score (nSPS) is 14.7. The smallest absolute Gasteiger partial charge is 0.227 e. The van der Waals surface area contributed by atoms with E-state index in [0.29, 0.717) is 24.6 Å². The molecule has 152 valence electrons. The standard InChI is InChI=1S/C21H24N4O3S/c1-27-17-6-4-16(5-7-17)25-12-10-15(11-13-25)22-19(26)8-9-20-23-21(24-28-20)18-3-2-14-29-18/h2-7,14-15H,8-13H2,1H3,(H,22,26). The van der Waals surface area contributed by atoms with Crippen molar-refractivity contribution >= 4 is 22.9 Å². The fraction of sp³-hybridized carbons (Fsp3) is 0.381. The summed E-state index contributed by atoms with van der Waals surface area (Å²) in [6, 6.07) is 12.2. The summed E-state index contributed by atoms with van der Waals surface area (Å²) in [6.45, 7) is 1.84. The van der Waals surface area contributed by atoms with Crippen LogP contribution in [0, 0.1) is 0 Å². The van der Waals surface area contributed by atoms with Gasteiger partial charge in [0.1, 0.15) is 5.75 Å². The maximum absolute atomic E-state index is 12.3. The van der Waals surface area contributed by atoms with E-state index >= 15 is 0 Å². The van der Waals surface area contributed by atoms with Crippen LogP contribution in [0.5, 0.6) is 5.75 Å². The monoisotopic (exact) mass is 412 g/mol. The van der Waals surface area contributed by atoms with Crippen molar-refractivity contribution in [2.45, 2.75) is 31.7 Å². The Bertz CT molecular complexity index is 916. The number of ether oxygens (including phenoxy) is 1. The molecule has 1 aliphatic heterocycles. The molecule has 0 spiro atoms. The van der Waals surface area contributed by atoms with E-state index in [1.807, 2.05) is 29.6 Å². The average Bonchev–Trinajstić information content (AvgIpc) is 3.45. The second-order valence-corrected chi connectivity index (χ2v) is 7.96. The number of aromatic nitrogens is 2. The summed E-state index contributed by atoms with van der Waals surface area (Å²) in [5.74, 6) is 1.97. The molecular formula is C21H24N4O3S. The topological polar surface area (TPSA) is 80.5 Å². The molecule has 1 aromatic carbocycles. The number of piperidine rings is 1. The third-order valence-corrected chi connectivity index (χ3v) is 5.94. The summed E-state index contributed by atoms with van der Waals surface area (Å²) in [7, 11) is 1.67. The van der Waals surface area contributed by atoms with Crippen LogP contribution in [0.3, 0.4) is 0 Å². The number of methoxy groups -OCH3 is 1. The number of aryl methyl sites for hydroxylation is 1. The maximum atomic E-state index is 12.3. The van der Waals surface area contributed by atoms with Crippen LogP contribution in [0.15, 0.2) is 46.3 Å². The van der Waals surface area contributed by atoms with E-state index in [-0.39, 0.29) is 11.9 Å². The van der Waals surface area contributed by atoms with Crippen LogP contribution in [0.4, 0.5) is 5.69 Å². The van der Waals surface area contributed by atoms with Crippen molar-refractivity contribution in [3.8, 4) is 16.5 Å². The summed E-state index contributed by atoms with van der Waals surface area (Å²) < 4.78 is 10.5. The van der Waals surface area contributed by atoms with E-state index in [1.165, 1.54) is 5.69 Å². The van der Waals surface area contributed by atoms with Crippen LogP contribution in [0.1, 0.15) is 25.2 Å². The quantitative estimate of drug-likeness (QED) is 0.640. The number of anilines is 1. The van der Waals surface area contributed by atoms with Crippen LogP contribution in [-0.4, -0.2) is 42.3 Å². The van der Waals surface area contributed by atoms with Crippen LogP contribution in [0.25, 0.3) is 10.7 Å². The average molecular weight is 413 g/mol. The molecule has 3 aromatic rings. The lowest BCUT2D eigenvalue weighted by Crippen LogP contribution is -2.44. The summed E-state index contributed by atoms with van der Waals surface area (Å²) in [6.07, 6.45) is 2.67. The van der Waals surface area contributed by atoms with Crippen molar-refractivity contribution in [2.24, 2.45) is 0 Å². The number of carbonyl (C=O) groups excluding carboxylic acids is 1. The molecule has 1 N–H and O–H groups in total. The number of benzene rings is 1. The Kier molecular flexibility index (Phi) is 6.09. The summed E-state index contributed by atoms with van der Waals surface area (Å²) >= 11 is 1.56. The van der Waals surface area contributed by atoms with Crippen LogP contribution >= 0.6 is 11.3 Å². The van der Waals surface area contributed by atoms with E-state index in [1.54, 1.807) is 18.4 Å². The first-order valence-corrected chi connectivity index (χ1v) is 10.6. The van der Waals surface area contributed by atoms with Gasteiger partial charge >= 0.3 is 0 Å². The lowest BCUT2D eigenvalue weighted by molar-refractivity contribution is -0.122. The molecule has 0 atom stereocenters. The number of carbonyl (C=O) groups is 1. The third kappa shape index (κ3) is 4.95. The highest BCUT2D eigenvalue weighted by atomic mass is 32.1. The molecule has 7 nitrogen and oxygen atoms in total. The lowest BCUT2D eigenvalue weighted by Gasteiger charge is -2.34. The first-order valence-electron chi connectivity index (χ1n) is 9.76. The van der Waals surface area contributed by atoms with Gasteiger partial charge in [-0.1, -0.05) is 11.2 Å². The number of nitrogens with zero attached hydrogens (tertiary/aromatic N) is 3. The second-order valence-electron chi connectivity index (χ2n) is 7.02. The molecule has 3 heterocycles.